The van der Waals surface area contributed by atoms with E-state index in [1.54, 1.807) is 23.0 Å². The van der Waals surface area contributed by atoms with Crippen LogP contribution in [0.4, 0.5) is 5.82 Å². The molecule has 0 unspecified atom stereocenters. The topological polar surface area (TPSA) is 72.7 Å². The molecular weight excluding hydrogens is 314 g/mol. The lowest BCUT2D eigenvalue weighted by Crippen LogP contribution is -2.13. The number of nitrogens with zero attached hydrogens (tertiary/aromatic N) is 4. The molecule has 3 rings (SSSR count). The molecular formula is C16H14ClN5O. The number of pyridine rings is 1. The monoisotopic (exact) mass is 327 g/mol. The number of hydrogen-bond donors (Lipinski definition) is 1. The number of aromatic nitrogens is 4. The highest BCUT2D eigenvalue weighted by Crippen LogP contribution is 2.12. The first-order valence-corrected chi connectivity index (χ1v) is 7.45. The number of carbonyl (C=O) groups excluding carboxylic acids is 1. The fourth-order valence-electron chi connectivity index (χ4n) is 2.05. The summed E-state index contributed by atoms with van der Waals surface area (Å²) in [7, 11) is 0. The summed E-state index contributed by atoms with van der Waals surface area (Å²) in [5, 5.41) is 11.0. The molecule has 0 saturated carbocycles. The van der Waals surface area contributed by atoms with Crippen LogP contribution in [0.15, 0.2) is 54.9 Å². The highest BCUT2D eigenvalue weighted by Gasteiger charge is 2.11. The summed E-state index contributed by atoms with van der Waals surface area (Å²) >= 11 is 5.85. The lowest BCUT2D eigenvalue weighted by Gasteiger charge is -2.02. The van der Waals surface area contributed by atoms with Gasteiger partial charge in [0, 0.05) is 17.8 Å². The highest BCUT2D eigenvalue weighted by molar-refractivity contribution is 6.30. The van der Waals surface area contributed by atoms with Crippen molar-refractivity contribution in [2.45, 2.75) is 13.0 Å². The molecule has 0 aliphatic heterocycles. The largest absolute Gasteiger partial charge is 0.305 e. The van der Waals surface area contributed by atoms with Gasteiger partial charge in [0.25, 0.3) is 5.91 Å². The molecule has 1 amide bonds. The first kappa shape index (κ1) is 15.2. The molecule has 0 aliphatic carbocycles. The second kappa shape index (κ2) is 7.02. The van der Waals surface area contributed by atoms with E-state index in [-0.39, 0.29) is 11.6 Å². The van der Waals surface area contributed by atoms with Gasteiger partial charge in [-0.3, -0.25) is 9.48 Å². The second-order valence-corrected chi connectivity index (χ2v) is 5.35. The van der Waals surface area contributed by atoms with Gasteiger partial charge in [0.05, 0.1) is 6.20 Å². The first-order chi connectivity index (χ1) is 11.2. The minimum atomic E-state index is -0.370. The number of anilines is 1. The van der Waals surface area contributed by atoms with Crippen LogP contribution in [0.3, 0.4) is 0 Å². The van der Waals surface area contributed by atoms with Crippen LogP contribution in [0.25, 0.3) is 0 Å². The van der Waals surface area contributed by atoms with Gasteiger partial charge in [-0.1, -0.05) is 47.1 Å². The molecule has 1 aromatic carbocycles. The molecule has 0 aliphatic rings. The number of halogens is 1. The van der Waals surface area contributed by atoms with Crippen molar-refractivity contribution in [2.75, 3.05) is 5.32 Å². The summed E-state index contributed by atoms with van der Waals surface area (Å²) in [6.07, 6.45) is 3.96. The molecule has 0 radical (unpaired) electrons. The van der Waals surface area contributed by atoms with E-state index in [0.717, 1.165) is 6.42 Å². The van der Waals surface area contributed by atoms with Gasteiger partial charge in [0.1, 0.15) is 5.82 Å². The van der Waals surface area contributed by atoms with E-state index in [0.29, 0.717) is 17.4 Å². The van der Waals surface area contributed by atoms with Crippen LogP contribution in [0.2, 0.25) is 5.02 Å². The van der Waals surface area contributed by atoms with Gasteiger partial charge in [-0.05, 0) is 24.1 Å². The molecule has 2 heterocycles. The van der Waals surface area contributed by atoms with Crippen LogP contribution in [-0.2, 0) is 13.0 Å². The molecule has 116 valence electrons. The van der Waals surface area contributed by atoms with Gasteiger partial charge in [-0.25, -0.2) is 4.98 Å². The third-order valence-electron chi connectivity index (χ3n) is 3.21. The molecule has 2 aromatic heterocycles. The minimum Gasteiger partial charge on any atom is -0.305 e. The Kier molecular flexibility index (Phi) is 4.63. The Balaban J connectivity index is 1.61. The number of rotatable bonds is 5. The van der Waals surface area contributed by atoms with Crippen molar-refractivity contribution < 1.29 is 4.79 Å². The van der Waals surface area contributed by atoms with E-state index in [1.807, 2.05) is 18.2 Å². The van der Waals surface area contributed by atoms with E-state index in [4.69, 9.17) is 11.6 Å². The Morgan fingerprint density at radius 1 is 1.22 bits per heavy atom. The average molecular weight is 328 g/mol. The van der Waals surface area contributed by atoms with Crippen molar-refractivity contribution in [1.82, 2.24) is 20.0 Å². The third kappa shape index (κ3) is 4.14. The SMILES string of the molecule is O=C(Nc1cc(Cl)ccn1)c1cn(CCc2ccccc2)nn1. The zero-order valence-corrected chi connectivity index (χ0v) is 12.9. The molecule has 7 heteroatoms. The lowest BCUT2D eigenvalue weighted by atomic mass is 10.1. The van der Waals surface area contributed by atoms with Gasteiger partial charge in [-0.2, -0.15) is 0 Å². The molecule has 0 atom stereocenters. The van der Waals surface area contributed by atoms with Gasteiger partial charge in [-0.15, -0.1) is 5.10 Å². The van der Waals surface area contributed by atoms with Crippen molar-refractivity contribution in [1.29, 1.82) is 0 Å². The Hall–Kier alpha value is -2.73. The third-order valence-corrected chi connectivity index (χ3v) is 3.44. The Labute approximate surface area is 138 Å². The zero-order chi connectivity index (χ0) is 16.1. The summed E-state index contributed by atoms with van der Waals surface area (Å²) in [5.41, 5.74) is 1.44. The molecule has 0 saturated heterocycles. The Morgan fingerprint density at radius 2 is 2.04 bits per heavy atom. The van der Waals surface area contributed by atoms with Gasteiger partial charge in [0.15, 0.2) is 5.69 Å². The van der Waals surface area contributed by atoms with Crippen molar-refractivity contribution >= 4 is 23.3 Å². The minimum absolute atomic E-state index is 0.236. The predicted octanol–water partition coefficient (Wildman–Crippen LogP) is 2.82. The zero-order valence-electron chi connectivity index (χ0n) is 12.2. The van der Waals surface area contributed by atoms with Crippen molar-refractivity contribution in [3.63, 3.8) is 0 Å². The maximum atomic E-state index is 12.1. The molecule has 23 heavy (non-hydrogen) atoms. The number of benzene rings is 1. The second-order valence-electron chi connectivity index (χ2n) is 4.92. The van der Waals surface area contributed by atoms with E-state index in [9.17, 15) is 4.79 Å². The van der Waals surface area contributed by atoms with Gasteiger partial charge >= 0.3 is 0 Å². The quantitative estimate of drug-likeness (QED) is 0.782. The van der Waals surface area contributed by atoms with Crippen LogP contribution in [0, 0.1) is 0 Å². The molecule has 0 bridgehead atoms. The fourth-order valence-corrected chi connectivity index (χ4v) is 2.21. The molecule has 0 fully saturated rings. The summed E-state index contributed by atoms with van der Waals surface area (Å²) in [6, 6.07) is 13.3. The first-order valence-electron chi connectivity index (χ1n) is 7.08. The van der Waals surface area contributed by atoms with Gasteiger partial charge < -0.3 is 5.32 Å². The summed E-state index contributed by atoms with van der Waals surface area (Å²) in [6.45, 7) is 0.652. The van der Waals surface area contributed by atoms with Gasteiger partial charge in [0.2, 0.25) is 0 Å². The Morgan fingerprint density at radius 3 is 2.83 bits per heavy atom. The maximum absolute atomic E-state index is 12.1. The smallest absolute Gasteiger partial charge is 0.278 e. The molecule has 0 spiro atoms. The summed E-state index contributed by atoms with van der Waals surface area (Å²) in [5.74, 6) is 0.00654. The van der Waals surface area contributed by atoms with Crippen LogP contribution in [-0.4, -0.2) is 25.9 Å². The van der Waals surface area contributed by atoms with E-state index in [2.05, 4.69) is 32.7 Å². The summed E-state index contributed by atoms with van der Waals surface area (Å²) < 4.78 is 1.65. The van der Waals surface area contributed by atoms with Crippen molar-refractivity contribution in [3.05, 3.63) is 71.1 Å². The highest BCUT2D eigenvalue weighted by atomic mass is 35.5. The molecule has 1 N–H and O–H groups in total. The van der Waals surface area contributed by atoms with E-state index in [1.165, 1.54) is 11.8 Å². The van der Waals surface area contributed by atoms with Crippen molar-refractivity contribution in [3.8, 4) is 0 Å². The number of nitrogens with one attached hydrogen (secondary N) is 1. The Bertz CT molecular complexity index is 803. The molecule has 6 nitrogen and oxygen atoms in total. The van der Waals surface area contributed by atoms with Crippen LogP contribution < -0.4 is 5.32 Å². The number of amides is 1. The number of hydrogen-bond acceptors (Lipinski definition) is 4. The maximum Gasteiger partial charge on any atom is 0.278 e. The van der Waals surface area contributed by atoms with Crippen LogP contribution in [0.1, 0.15) is 16.1 Å². The summed E-state index contributed by atoms with van der Waals surface area (Å²) in [4.78, 5) is 16.1. The lowest BCUT2D eigenvalue weighted by molar-refractivity contribution is 0.102. The van der Waals surface area contributed by atoms with Crippen LogP contribution in [0.5, 0.6) is 0 Å². The van der Waals surface area contributed by atoms with Crippen molar-refractivity contribution in [2.24, 2.45) is 0 Å². The van der Waals surface area contributed by atoms with E-state index < -0.39 is 0 Å². The number of carbonyl (C=O) groups is 1. The number of aryl methyl sites for hydroxylation is 2. The standard InChI is InChI=1S/C16H14ClN5O/c17-13-6-8-18-15(10-13)19-16(23)14-11-22(21-20-14)9-7-12-4-2-1-3-5-12/h1-6,8,10-11H,7,9H2,(H,18,19,23). The van der Waals surface area contributed by atoms with E-state index >= 15 is 0 Å². The molecule has 3 aromatic rings. The van der Waals surface area contributed by atoms with Crippen LogP contribution >= 0.6 is 11.6 Å². The average Bonchev–Trinajstić information content (AvgIpc) is 3.03. The normalized spacial score (nSPS) is 10.5. The fraction of sp³-hybridized carbons (Fsp3) is 0.125. The predicted molar refractivity (Wildman–Crippen MR) is 87.4 cm³/mol.